The number of aromatic nitrogens is 1. The van der Waals surface area contributed by atoms with Crippen molar-refractivity contribution in [1.82, 2.24) is 10.3 Å². The number of fused-ring (bicyclic) bond motifs is 3. The molecule has 0 spiro atoms. The Kier molecular flexibility index (Phi) is 9.74. The minimum absolute atomic E-state index is 0.0647. The van der Waals surface area contributed by atoms with Crippen LogP contribution < -0.4 is 14.8 Å². The summed E-state index contributed by atoms with van der Waals surface area (Å²) in [7, 11) is -5.61. The van der Waals surface area contributed by atoms with Crippen molar-refractivity contribution < 1.29 is 22.0 Å². The van der Waals surface area contributed by atoms with Gasteiger partial charge in [-0.15, -0.1) is 0 Å². The summed E-state index contributed by atoms with van der Waals surface area (Å²) in [5.74, 6) is 0.217. The zero-order chi connectivity index (χ0) is 28.0. The van der Waals surface area contributed by atoms with Crippen molar-refractivity contribution in [3.63, 3.8) is 0 Å². The number of hydrogen-bond donors (Lipinski definition) is 3. The van der Waals surface area contributed by atoms with Gasteiger partial charge in [0.25, 0.3) is 0 Å². The first-order chi connectivity index (χ1) is 18.7. The van der Waals surface area contributed by atoms with E-state index in [2.05, 4.69) is 47.9 Å². The largest absolute Gasteiger partial charge is 0.492 e. The number of sulfonamides is 1. The van der Waals surface area contributed by atoms with Crippen LogP contribution in [0.15, 0.2) is 36.4 Å². The molecular weight excluding hydrogens is 533 g/mol. The van der Waals surface area contributed by atoms with Gasteiger partial charge in [-0.3, -0.25) is 4.72 Å². The predicted octanol–water partition coefficient (Wildman–Crippen LogP) is 6.29. The van der Waals surface area contributed by atoms with Crippen LogP contribution in [-0.2, 0) is 27.3 Å². The van der Waals surface area contributed by atoms with E-state index in [4.69, 9.17) is 9.16 Å². The second kappa shape index (κ2) is 12.8. The first-order valence-corrected chi connectivity index (χ1v) is 18.5. The summed E-state index contributed by atoms with van der Waals surface area (Å²) >= 11 is 0. The van der Waals surface area contributed by atoms with Crippen molar-refractivity contribution in [2.75, 3.05) is 30.7 Å². The van der Waals surface area contributed by atoms with Gasteiger partial charge >= 0.3 is 0 Å². The molecule has 1 heterocycles. The second-order valence-electron chi connectivity index (χ2n) is 10.5. The summed E-state index contributed by atoms with van der Waals surface area (Å²) in [6.45, 7) is 8.09. The molecule has 0 bridgehead atoms. The molecule has 1 aliphatic carbocycles. The Hall–Kier alpha value is -2.40. The molecule has 1 atom stereocenters. The molecule has 1 aromatic heterocycles. The molecule has 0 radical (unpaired) electrons. The van der Waals surface area contributed by atoms with Crippen LogP contribution in [0.4, 0.5) is 10.1 Å². The molecule has 1 unspecified atom stereocenters. The Balaban J connectivity index is 1.41. The Morgan fingerprint density at radius 1 is 1.05 bits per heavy atom. The molecule has 0 fully saturated rings. The summed E-state index contributed by atoms with van der Waals surface area (Å²) in [5, 5.41) is 4.74. The molecule has 0 saturated heterocycles. The van der Waals surface area contributed by atoms with E-state index in [0.29, 0.717) is 19.7 Å². The number of anilines is 1. The lowest BCUT2D eigenvalue weighted by molar-refractivity contribution is 0.183. The van der Waals surface area contributed by atoms with Crippen LogP contribution in [0.5, 0.6) is 5.75 Å². The number of halogens is 1. The van der Waals surface area contributed by atoms with Gasteiger partial charge in [-0.2, -0.15) is 0 Å². The third kappa shape index (κ3) is 7.42. The van der Waals surface area contributed by atoms with Crippen molar-refractivity contribution in [3.05, 3.63) is 59.0 Å². The van der Waals surface area contributed by atoms with Gasteiger partial charge in [-0.1, -0.05) is 26.8 Å². The van der Waals surface area contributed by atoms with Gasteiger partial charge in [-0.25, -0.2) is 12.8 Å². The smallest absolute Gasteiger partial charge is 0.229 e. The van der Waals surface area contributed by atoms with E-state index < -0.39 is 24.2 Å². The highest BCUT2D eigenvalue weighted by Gasteiger charge is 2.32. The molecule has 0 amide bonds. The van der Waals surface area contributed by atoms with E-state index in [0.717, 1.165) is 54.1 Å². The lowest BCUT2D eigenvalue weighted by Crippen LogP contribution is -2.40. The predicted molar refractivity (Wildman–Crippen MR) is 159 cm³/mol. The van der Waals surface area contributed by atoms with Crippen molar-refractivity contribution in [2.45, 2.75) is 70.7 Å². The molecule has 3 N–H and O–H groups in total. The average Bonchev–Trinajstić information content (AvgIpc) is 3.29. The van der Waals surface area contributed by atoms with Crippen LogP contribution in [0.1, 0.15) is 56.5 Å². The van der Waals surface area contributed by atoms with E-state index in [-0.39, 0.29) is 11.8 Å². The van der Waals surface area contributed by atoms with E-state index in [9.17, 15) is 12.8 Å². The highest BCUT2D eigenvalue weighted by Crippen LogP contribution is 2.32. The molecular formula is C29H42FN3O4SSi. The van der Waals surface area contributed by atoms with E-state index in [1.54, 1.807) is 12.1 Å². The fourth-order valence-corrected chi connectivity index (χ4v) is 8.89. The number of hydrogen-bond acceptors (Lipinski definition) is 5. The van der Waals surface area contributed by atoms with E-state index in [1.807, 2.05) is 6.07 Å². The van der Waals surface area contributed by atoms with Crippen LogP contribution in [-0.4, -0.2) is 47.7 Å². The molecule has 0 saturated carbocycles. The first kappa shape index (κ1) is 29.6. The first-order valence-electron chi connectivity index (χ1n) is 14.1. The monoisotopic (exact) mass is 575 g/mol. The fourth-order valence-electron chi connectivity index (χ4n) is 5.51. The zero-order valence-corrected chi connectivity index (χ0v) is 25.3. The Morgan fingerprint density at radius 2 is 1.79 bits per heavy atom. The standard InChI is InChI=1S/C29H42FN3O4SSi/c1-5-39(6-2,7-3)37-29(21-12-15-25(30)28(18-21)33-38(4,34)35)20-31-16-17-36-22-13-14-24-23-10-8-9-11-26(23)32-27(24)19-22/h12-15,18-19,29,31-33H,5-11,16-17,20H2,1-4H3. The molecule has 2 aromatic carbocycles. The average molecular weight is 576 g/mol. The van der Waals surface area contributed by atoms with Gasteiger partial charge < -0.3 is 19.5 Å². The fraction of sp³-hybridized carbons (Fsp3) is 0.517. The summed E-state index contributed by atoms with van der Waals surface area (Å²) < 4.78 is 53.0. The number of aryl methyl sites for hydroxylation is 2. The van der Waals surface area contributed by atoms with Gasteiger partial charge in [-0.05, 0) is 79.2 Å². The topological polar surface area (TPSA) is 92.4 Å². The molecule has 214 valence electrons. The van der Waals surface area contributed by atoms with Crippen molar-refractivity contribution in [1.29, 1.82) is 0 Å². The molecule has 4 rings (SSSR count). The maximum atomic E-state index is 14.4. The Bertz CT molecular complexity index is 1370. The minimum atomic E-state index is -3.61. The number of nitrogens with one attached hydrogen (secondary N) is 3. The second-order valence-corrected chi connectivity index (χ2v) is 17.0. The highest BCUT2D eigenvalue weighted by molar-refractivity contribution is 7.92. The summed E-state index contributed by atoms with van der Waals surface area (Å²) in [6, 6.07) is 13.7. The molecule has 1 aliphatic rings. The van der Waals surface area contributed by atoms with Crippen molar-refractivity contribution in [3.8, 4) is 5.75 Å². The van der Waals surface area contributed by atoms with Crippen molar-refractivity contribution >= 4 is 34.9 Å². The molecule has 10 heteroatoms. The summed E-state index contributed by atoms with van der Waals surface area (Å²) in [4.78, 5) is 3.57. The van der Waals surface area contributed by atoms with Crippen LogP contribution in [0.2, 0.25) is 18.1 Å². The third-order valence-corrected chi connectivity index (χ3v) is 13.2. The molecule has 7 nitrogen and oxygen atoms in total. The van der Waals surface area contributed by atoms with E-state index in [1.165, 1.54) is 35.6 Å². The van der Waals surface area contributed by atoms with Gasteiger partial charge in [0, 0.05) is 35.8 Å². The SMILES string of the molecule is CC[Si](CC)(CC)OC(CNCCOc1ccc2c3c([nH]c2c1)CCCC3)c1ccc(F)c(NS(C)(=O)=O)c1. The highest BCUT2D eigenvalue weighted by atomic mass is 32.2. The van der Waals surface area contributed by atoms with Crippen LogP contribution in [0.25, 0.3) is 10.9 Å². The minimum Gasteiger partial charge on any atom is -0.492 e. The summed E-state index contributed by atoms with van der Waals surface area (Å²) in [5.41, 5.74) is 4.63. The number of ether oxygens (including phenoxy) is 1. The van der Waals surface area contributed by atoms with Gasteiger partial charge in [0.2, 0.25) is 10.0 Å². The number of aromatic amines is 1. The molecule has 39 heavy (non-hydrogen) atoms. The summed E-state index contributed by atoms with van der Waals surface area (Å²) in [6.07, 6.45) is 5.43. The number of benzene rings is 2. The number of rotatable bonds is 14. The molecule has 0 aliphatic heterocycles. The van der Waals surface area contributed by atoms with Crippen LogP contribution in [0, 0.1) is 5.82 Å². The maximum absolute atomic E-state index is 14.4. The lowest BCUT2D eigenvalue weighted by atomic mass is 9.96. The molecule has 3 aromatic rings. The zero-order valence-electron chi connectivity index (χ0n) is 23.5. The van der Waals surface area contributed by atoms with Crippen LogP contribution in [0.3, 0.4) is 0 Å². The quantitative estimate of drug-likeness (QED) is 0.155. The number of H-pyrrole nitrogens is 1. The van der Waals surface area contributed by atoms with Gasteiger partial charge in [0.15, 0.2) is 8.32 Å². The van der Waals surface area contributed by atoms with Gasteiger partial charge in [0.05, 0.1) is 18.0 Å². The third-order valence-electron chi connectivity index (χ3n) is 7.93. The van der Waals surface area contributed by atoms with Crippen LogP contribution >= 0.6 is 0 Å². The van der Waals surface area contributed by atoms with Gasteiger partial charge in [0.1, 0.15) is 18.2 Å². The lowest BCUT2D eigenvalue weighted by Gasteiger charge is -2.34. The van der Waals surface area contributed by atoms with E-state index >= 15 is 0 Å². The van der Waals surface area contributed by atoms with Crippen molar-refractivity contribution in [2.24, 2.45) is 0 Å². The maximum Gasteiger partial charge on any atom is 0.229 e. The Morgan fingerprint density at radius 3 is 2.51 bits per heavy atom. The Labute approximate surface area is 233 Å². The normalized spacial score (nSPS) is 14.8.